The van der Waals surface area contributed by atoms with Gasteiger partial charge in [-0.15, -0.1) is 0 Å². The average Bonchev–Trinajstić information content (AvgIpc) is 2.35. The zero-order valence-electron chi connectivity index (χ0n) is 10.1. The molecule has 0 amide bonds. The molecule has 0 bridgehead atoms. The molecule has 2 nitrogen and oxygen atoms in total. The maximum Gasteiger partial charge on any atom is 0.0445 e. The molecule has 1 atom stereocenters. The summed E-state index contributed by atoms with van der Waals surface area (Å²) >= 11 is 3.46. The van der Waals surface area contributed by atoms with Crippen molar-refractivity contribution in [1.82, 2.24) is 4.90 Å². The number of aliphatic hydroxyl groups is 1. The lowest BCUT2D eigenvalue weighted by atomic mass is 9.99. The highest BCUT2D eigenvalue weighted by Crippen LogP contribution is 2.22. The van der Waals surface area contributed by atoms with Crippen LogP contribution in [-0.4, -0.2) is 29.2 Å². The third-order valence-corrected chi connectivity index (χ3v) is 4.04. The van der Waals surface area contributed by atoms with Crippen LogP contribution in [0.15, 0.2) is 28.7 Å². The molecule has 0 aromatic heterocycles. The van der Waals surface area contributed by atoms with Crippen LogP contribution in [-0.2, 0) is 6.54 Å². The lowest BCUT2D eigenvalue weighted by Gasteiger charge is -2.35. The molecule has 1 aromatic carbocycles. The van der Waals surface area contributed by atoms with E-state index in [-0.39, 0.29) is 0 Å². The van der Waals surface area contributed by atoms with Crippen molar-refractivity contribution in [3.8, 4) is 0 Å². The highest BCUT2D eigenvalue weighted by Gasteiger charge is 2.21. The summed E-state index contributed by atoms with van der Waals surface area (Å²) in [5.41, 5.74) is 1.36. The Kier molecular flexibility index (Phi) is 5.01. The van der Waals surface area contributed by atoms with E-state index in [9.17, 15) is 0 Å². The number of piperidine rings is 1. The quantitative estimate of drug-likeness (QED) is 0.923. The van der Waals surface area contributed by atoms with E-state index in [1.165, 1.54) is 31.4 Å². The second-order valence-corrected chi connectivity index (χ2v) is 5.67. The molecule has 1 aliphatic heterocycles. The summed E-state index contributed by atoms with van der Waals surface area (Å²) in [4.78, 5) is 2.52. The van der Waals surface area contributed by atoms with Crippen LogP contribution in [0, 0.1) is 0 Å². The van der Waals surface area contributed by atoms with Gasteiger partial charge in [-0.2, -0.15) is 0 Å². The smallest absolute Gasteiger partial charge is 0.0445 e. The van der Waals surface area contributed by atoms with E-state index >= 15 is 0 Å². The van der Waals surface area contributed by atoms with Gasteiger partial charge < -0.3 is 5.11 Å². The van der Waals surface area contributed by atoms with Crippen molar-refractivity contribution in [1.29, 1.82) is 0 Å². The fraction of sp³-hybridized carbons (Fsp3) is 0.571. The van der Waals surface area contributed by atoms with E-state index in [1.54, 1.807) is 0 Å². The highest BCUT2D eigenvalue weighted by molar-refractivity contribution is 9.10. The predicted molar refractivity (Wildman–Crippen MR) is 73.9 cm³/mol. The van der Waals surface area contributed by atoms with Crippen LogP contribution < -0.4 is 0 Å². The molecule has 1 heterocycles. The molecule has 0 saturated carbocycles. The Morgan fingerprint density at radius 1 is 1.24 bits per heavy atom. The fourth-order valence-electron chi connectivity index (χ4n) is 2.57. The van der Waals surface area contributed by atoms with Crippen molar-refractivity contribution in [2.75, 3.05) is 13.2 Å². The third kappa shape index (κ3) is 3.80. The van der Waals surface area contributed by atoms with Gasteiger partial charge in [0.1, 0.15) is 0 Å². The second kappa shape index (κ2) is 6.53. The summed E-state index contributed by atoms with van der Waals surface area (Å²) in [6, 6.07) is 9.11. The molecular formula is C14H20BrNO. The largest absolute Gasteiger partial charge is 0.396 e. The normalized spacial score (nSPS) is 21.6. The van der Waals surface area contributed by atoms with Crippen molar-refractivity contribution >= 4 is 15.9 Å². The number of aliphatic hydroxyl groups excluding tert-OH is 1. The van der Waals surface area contributed by atoms with Gasteiger partial charge in [0.15, 0.2) is 0 Å². The highest BCUT2D eigenvalue weighted by atomic mass is 79.9. The van der Waals surface area contributed by atoms with Gasteiger partial charge in [-0.05, 0) is 43.5 Å². The first kappa shape index (κ1) is 13.1. The number of hydrogen-bond donors (Lipinski definition) is 1. The molecule has 17 heavy (non-hydrogen) atoms. The van der Waals surface area contributed by atoms with Crippen LogP contribution in [0.5, 0.6) is 0 Å². The molecular weight excluding hydrogens is 278 g/mol. The Bertz CT molecular complexity index is 337. The molecule has 1 saturated heterocycles. The van der Waals surface area contributed by atoms with E-state index in [0.29, 0.717) is 12.6 Å². The van der Waals surface area contributed by atoms with E-state index in [0.717, 1.165) is 17.4 Å². The fourth-order valence-corrected chi connectivity index (χ4v) is 2.83. The summed E-state index contributed by atoms with van der Waals surface area (Å²) in [5, 5.41) is 9.11. The summed E-state index contributed by atoms with van der Waals surface area (Å²) in [7, 11) is 0. The Morgan fingerprint density at radius 3 is 2.71 bits per heavy atom. The van der Waals surface area contributed by atoms with E-state index in [1.807, 2.05) is 0 Å². The number of halogens is 1. The molecule has 0 spiro atoms. The third-order valence-electron chi connectivity index (χ3n) is 3.51. The average molecular weight is 298 g/mol. The van der Waals surface area contributed by atoms with Gasteiger partial charge in [-0.1, -0.05) is 34.5 Å². The topological polar surface area (TPSA) is 23.5 Å². The molecule has 1 unspecified atom stereocenters. The van der Waals surface area contributed by atoms with Crippen LogP contribution in [0.2, 0.25) is 0 Å². The summed E-state index contributed by atoms with van der Waals surface area (Å²) in [5.74, 6) is 0. The van der Waals surface area contributed by atoms with Crippen LogP contribution in [0.3, 0.4) is 0 Å². The Hall–Kier alpha value is -0.380. The molecule has 0 radical (unpaired) electrons. The number of hydrogen-bond acceptors (Lipinski definition) is 2. The molecule has 1 N–H and O–H groups in total. The minimum atomic E-state index is 0.307. The number of nitrogens with zero attached hydrogens (tertiary/aromatic N) is 1. The Labute approximate surface area is 112 Å². The van der Waals surface area contributed by atoms with Gasteiger partial charge in [0.05, 0.1) is 0 Å². The predicted octanol–water partition coefficient (Wildman–Crippen LogP) is 3.19. The van der Waals surface area contributed by atoms with Crippen LogP contribution in [0.1, 0.15) is 31.2 Å². The summed E-state index contributed by atoms with van der Waals surface area (Å²) in [6.45, 7) is 2.49. The lowest BCUT2D eigenvalue weighted by molar-refractivity contribution is 0.112. The number of benzene rings is 1. The van der Waals surface area contributed by atoms with E-state index in [4.69, 9.17) is 5.11 Å². The van der Waals surface area contributed by atoms with Gasteiger partial charge >= 0.3 is 0 Å². The molecule has 0 aliphatic carbocycles. The molecule has 3 heteroatoms. The second-order valence-electron chi connectivity index (χ2n) is 4.76. The maximum atomic E-state index is 9.11. The maximum absolute atomic E-state index is 9.11. The summed E-state index contributed by atoms with van der Waals surface area (Å²) in [6.07, 6.45) is 4.74. The lowest BCUT2D eigenvalue weighted by Crippen LogP contribution is -2.39. The van der Waals surface area contributed by atoms with Gasteiger partial charge in [0, 0.05) is 23.7 Å². The Morgan fingerprint density at radius 2 is 2.00 bits per heavy atom. The van der Waals surface area contributed by atoms with Crippen molar-refractivity contribution in [2.45, 2.75) is 38.3 Å². The number of likely N-dealkylation sites (tertiary alicyclic amines) is 1. The van der Waals surface area contributed by atoms with Crippen LogP contribution >= 0.6 is 15.9 Å². The minimum absolute atomic E-state index is 0.307. The van der Waals surface area contributed by atoms with Crippen molar-refractivity contribution in [3.05, 3.63) is 34.3 Å². The van der Waals surface area contributed by atoms with Crippen molar-refractivity contribution in [3.63, 3.8) is 0 Å². The molecule has 1 aliphatic rings. The van der Waals surface area contributed by atoms with Gasteiger partial charge in [-0.3, -0.25) is 4.90 Å². The molecule has 2 rings (SSSR count). The zero-order chi connectivity index (χ0) is 12.1. The Balaban J connectivity index is 1.97. The van der Waals surface area contributed by atoms with Crippen LogP contribution in [0.25, 0.3) is 0 Å². The van der Waals surface area contributed by atoms with Gasteiger partial charge in [0.25, 0.3) is 0 Å². The first-order chi connectivity index (χ1) is 8.29. The van der Waals surface area contributed by atoms with E-state index in [2.05, 4.69) is 45.1 Å². The summed E-state index contributed by atoms with van der Waals surface area (Å²) < 4.78 is 1.13. The first-order valence-electron chi connectivity index (χ1n) is 6.39. The van der Waals surface area contributed by atoms with E-state index < -0.39 is 0 Å². The van der Waals surface area contributed by atoms with Crippen molar-refractivity contribution < 1.29 is 5.11 Å². The molecule has 1 aromatic rings. The monoisotopic (exact) mass is 297 g/mol. The van der Waals surface area contributed by atoms with Gasteiger partial charge in [-0.25, -0.2) is 0 Å². The van der Waals surface area contributed by atoms with Crippen molar-refractivity contribution in [2.24, 2.45) is 0 Å². The standard InChI is InChI=1S/C14H20BrNO/c15-13-6-4-12(5-7-13)11-16-9-2-1-3-14(16)8-10-17/h4-7,14,17H,1-3,8-11H2. The minimum Gasteiger partial charge on any atom is -0.396 e. The van der Waals surface area contributed by atoms with Crippen LogP contribution in [0.4, 0.5) is 0 Å². The molecule has 1 fully saturated rings. The first-order valence-corrected chi connectivity index (χ1v) is 7.18. The molecule has 94 valence electrons. The number of rotatable bonds is 4. The zero-order valence-corrected chi connectivity index (χ0v) is 11.7. The SMILES string of the molecule is OCCC1CCCCN1Cc1ccc(Br)cc1. The van der Waals surface area contributed by atoms with Gasteiger partial charge in [0.2, 0.25) is 0 Å².